The Balaban J connectivity index is 2.12. The van der Waals surface area contributed by atoms with Crippen LogP contribution in [0.5, 0.6) is 11.5 Å². The van der Waals surface area contributed by atoms with E-state index in [-0.39, 0.29) is 28.9 Å². The molecule has 156 valence electrons. The lowest BCUT2D eigenvalue weighted by Gasteiger charge is -2.13. The summed E-state index contributed by atoms with van der Waals surface area (Å²) < 4.78 is 52.9. The first-order valence-electron chi connectivity index (χ1n) is 8.23. The summed E-state index contributed by atoms with van der Waals surface area (Å²) in [6.07, 6.45) is -2.38. The van der Waals surface area contributed by atoms with Gasteiger partial charge in [-0.15, -0.1) is 0 Å². The molecular formula is C18H17ClF3N3O4. The van der Waals surface area contributed by atoms with Crippen LogP contribution in [-0.4, -0.2) is 37.5 Å². The Morgan fingerprint density at radius 3 is 2.66 bits per heavy atom. The fourth-order valence-electron chi connectivity index (χ4n) is 2.06. The second-order valence-corrected chi connectivity index (χ2v) is 5.83. The van der Waals surface area contributed by atoms with E-state index in [2.05, 4.69) is 20.2 Å². The van der Waals surface area contributed by atoms with Gasteiger partial charge in [0.25, 0.3) is 0 Å². The standard InChI is InChI=1S/C18H17ClF3N3O4/c1-3-28-14-7-11(6-13(19)17(14)29-10-16(26)27-2)8-24-25-15-5-4-12(9-23-15)18(20,21)22/h4-9H,3,10H2,1-2H3,(H,23,25)/b24-8-. The summed E-state index contributed by atoms with van der Waals surface area (Å²) in [6, 6.07) is 5.14. The Morgan fingerprint density at radius 1 is 1.31 bits per heavy atom. The number of carbonyl (C=O) groups is 1. The van der Waals surface area contributed by atoms with Gasteiger partial charge in [-0.3, -0.25) is 5.43 Å². The van der Waals surface area contributed by atoms with Gasteiger partial charge in [0.05, 0.1) is 30.5 Å². The quantitative estimate of drug-likeness (QED) is 0.384. The van der Waals surface area contributed by atoms with E-state index in [0.29, 0.717) is 18.4 Å². The van der Waals surface area contributed by atoms with E-state index in [9.17, 15) is 18.0 Å². The van der Waals surface area contributed by atoms with Crippen molar-refractivity contribution in [3.8, 4) is 11.5 Å². The smallest absolute Gasteiger partial charge is 0.417 e. The zero-order valence-electron chi connectivity index (χ0n) is 15.4. The van der Waals surface area contributed by atoms with E-state index in [4.69, 9.17) is 21.1 Å². The van der Waals surface area contributed by atoms with Gasteiger partial charge in [-0.05, 0) is 36.8 Å². The number of ether oxygens (including phenoxy) is 3. The highest BCUT2D eigenvalue weighted by molar-refractivity contribution is 6.32. The first-order valence-corrected chi connectivity index (χ1v) is 8.60. The Labute approximate surface area is 169 Å². The number of methoxy groups -OCH3 is 1. The van der Waals surface area contributed by atoms with E-state index in [1.54, 1.807) is 13.0 Å². The van der Waals surface area contributed by atoms with Crippen molar-refractivity contribution in [1.82, 2.24) is 4.98 Å². The Bertz CT molecular complexity index is 874. The summed E-state index contributed by atoms with van der Waals surface area (Å²) in [5.74, 6) is 0.0113. The van der Waals surface area contributed by atoms with Crippen molar-refractivity contribution < 1.29 is 32.2 Å². The van der Waals surface area contributed by atoms with Crippen LogP contribution in [0.25, 0.3) is 0 Å². The molecule has 11 heteroatoms. The van der Waals surface area contributed by atoms with Gasteiger partial charge in [0, 0.05) is 6.20 Å². The average molecular weight is 432 g/mol. The zero-order chi connectivity index (χ0) is 21.4. The molecule has 7 nitrogen and oxygen atoms in total. The molecule has 1 aromatic carbocycles. The van der Waals surface area contributed by atoms with E-state index >= 15 is 0 Å². The van der Waals surface area contributed by atoms with Crippen molar-refractivity contribution in [1.29, 1.82) is 0 Å². The topological polar surface area (TPSA) is 82.0 Å². The molecule has 0 amide bonds. The highest BCUT2D eigenvalue weighted by Crippen LogP contribution is 2.36. The second-order valence-electron chi connectivity index (χ2n) is 5.43. The number of carbonyl (C=O) groups excluding carboxylic acids is 1. The minimum atomic E-state index is -4.46. The van der Waals surface area contributed by atoms with Crippen LogP contribution >= 0.6 is 11.6 Å². The van der Waals surface area contributed by atoms with Crippen molar-refractivity contribution in [2.45, 2.75) is 13.1 Å². The number of nitrogens with zero attached hydrogens (tertiary/aromatic N) is 2. The molecule has 0 radical (unpaired) electrons. The summed E-state index contributed by atoms with van der Waals surface area (Å²) >= 11 is 6.19. The molecule has 0 atom stereocenters. The first kappa shape index (κ1) is 22.3. The van der Waals surface area contributed by atoms with Crippen molar-refractivity contribution in [3.63, 3.8) is 0 Å². The van der Waals surface area contributed by atoms with Crippen LogP contribution < -0.4 is 14.9 Å². The predicted octanol–water partition coefficient (Wildman–Crippen LogP) is 4.15. The van der Waals surface area contributed by atoms with Gasteiger partial charge >= 0.3 is 12.1 Å². The molecule has 1 heterocycles. The fraction of sp³-hybridized carbons (Fsp3) is 0.278. The molecule has 29 heavy (non-hydrogen) atoms. The number of benzene rings is 1. The van der Waals surface area contributed by atoms with Crippen molar-refractivity contribution in [2.24, 2.45) is 5.10 Å². The number of esters is 1. The molecule has 0 aliphatic carbocycles. The SMILES string of the molecule is CCOc1cc(/C=N\Nc2ccc(C(F)(F)F)cn2)cc(Cl)c1OCC(=O)OC. The molecule has 0 aliphatic rings. The number of nitrogens with one attached hydrogen (secondary N) is 1. The maximum atomic E-state index is 12.5. The molecule has 2 aromatic rings. The molecule has 0 fully saturated rings. The Morgan fingerprint density at radius 2 is 2.07 bits per heavy atom. The van der Waals surface area contributed by atoms with Gasteiger partial charge in [0.15, 0.2) is 18.1 Å². The molecule has 0 unspecified atom stereocenters. The number of alkyl halides is 3. The van der Waals surface area contributed by atoms with Crippen LogP contribution in [0.15, 0.2) is 35.6 Å². The molecule has 2 rings (SSSR count). The minimum Gasteiger partial charge on any atom is -0.490 e. The van der Waals surface area contributed by atoms with Crippen LogP contribution in [0.1, 0.15) is 18.1 Å². The number of hydrogen-bond acceptors (Lipinski definition) is 7. The molecule has 0 bridgehead atoms. The number of anilines is 1. The lowest BCUT2D eigenvalue weighted by atomic mass is 10.2. The summed E-state index contributed by atoms with van der Waals surface area (Å²) in [5, 5.41) is 4.09. The maximum Gasteiger partial charge on any atom is 0.417 e. The predicted molar refractivity (Wildman–Crippen MR) is 101 cm³/mol. The van der Waals surface area contributed by atoms with E-state index in [1.807, 2.05) is 0 Å². The van der Waals surface area contributed by atoms with Crippen LogP contribution in [-0.2, 0) is 15.7 Å². The molecule has 1 N–H and O–H groups in total. The summed E-state index contributed by atoms with van der Waals surface area (Å²) in [5.41, 5.74) is 2.18. The molecule has 1 aromatic heterocycles. The Kier molecular flexibility index (Phi) is 7.66. The lowest BCUT2D eigenvalue weighted by Crippen LogP contribution is -2.13. The maximum absolute atomic E-state index is 12.5. The minimum absolute atomic E-state index is 0.128. The van der Waals surface area contributed by atoms with Gasteiger partial charge < -0.3 is 14.2 Å². The van der Waals surface area contributed by atoms with E-state index in [1.165, 1.54) is 19.4 Å². The van der Waals surface area contributed by atoms with E-state index < -0.39 is 17.7 Å². The van der Waals surface area contributed by atoms with Crippen LogP contribution in [0.2, 0.25) is 5.02 Å². The number of halogens is 4. The number of hydrazone groups is 1. The first-order chi connectivity index (χ1) is 13.7. The van der Waals surface area contributed by atoms with Gasteiger partial charge in [-0.2, -0.15) is 18.3 Å². The van der Waals surface area contributed by atoms with Crippen LogP contribution in [0.4, 0.5) is 19.0 Å². The molecule has 0 saturated heterocycles. The van der Waals surface area contributed by atoms with Gasteiger partial charge in [0.1, 0.15) is 5.82 Å². The van der Waals surface area contributed by atoms with E-state index in [0.717, 1.165) is 12.1 Å². The molecular weight excluding hydrogens is 415 g/mol. The van der Waals surface area contributed by atoms with Crippen molar-refractivity contribution in [2.75, 3.05) is 25.7 Å². The second kappa shape index (κ2) is 9.97. The third-order valence-corrected chi connectivity index (χ3v) is 3.66. The normalized spacial score (nSPS) is 11.4. The summed E-state index contributed by atoms with van der Waals surface area (Å²) in [4.78, 5) is 14.9. The lowest BCUT2D eigenvalue weighted by molar-refractivity contribution is -0.143. The monoisotopic (exact) mass is 431 g/mol. The fourth-order valence-corrected chi connectivity index (χ4v) is 2.33. The highest BCUT2D eigenvalue weighted by atomic mass is 35.5. The third-order valence-electron chi connectivity index (χ3n) is 3.38. The van der Waals surface area contributed by atoms with Crippen molar-refractivity contribution >= 4 is 29.6 Å². The number of hydrogen-bond donors (Lipinski definition) is 1. The molecule has 0 spiro atoms. The summed E-state index contributed by atoms with van der Waals surface area (Å²) in [7, 11) is 1.23. The molecule has 0 aliphatic heterocycles. The average Bonchev–Trinajstić information content (AvgIpc) is 2.67. The van der Waals surface area contributed by atoms with Crippen molar-refractivity contribution in [3.05, 3.63) is 46.6 Å². The largest absolute Gasteiger partial charge is 0.490 e. The Hall–Kier alpha value is -3.01. The number of rotatable bonds is 8. The van der Waals surface area contributed by atoms with Crippen LogP contribution in [0.3, 0.4) is 0 Å². The summed E-state index contributed by atoms with van der Waals surface area (Å²) in [6.45, 7) is 1.74. The van der Waals surface area contributed by atoms with Crippen LogP contribution in [0, 0.1) is 0 Å². The number of aromatic nitrogens is 1. The highest BCUT2D eigenvalue weighted by Gasteiger charge is 2.30. The number of pyridine rings is 1. The zero-order valence-corrected chi connectivity index (χ0v) is 16.2. The van der Waals surface area contributed by atoms with Gasteiger partial charge in [0.2, 0.25) is 0 Å². The van der Waals surface area contributed by atoms with Gasteiger partial charge in [-0.1, -0.05) is 11.6 Å². The van der Waals surface area contributed by atoms with Gasteiger partial charge in [-0.25, -0.2) is 9.78 Å². The molecule has 0 saturated carbocycles. The third kappa shape index (κ3) is 6.53.